The van der Waals surface area contributed by atoms with Crippen LogP contribution in [0.5, 0.6) is 0 Å². The molecule has 2 N–H and O–H groups in total. The van der Waals surface area contributed by atoms with Crippen LogP contribution in [0.25, 0.3) is 0 Å². The summed E-state index contributed by atoms with van der Waals surface area (Å²) >= 11 is 0. The third-order valence-corrected chi connectivity index (χ3v) is 2.35. The molecule has 0 amide bonds. The molecule has 0 fully saturated rings. The van der Waals surface area contributed by atoms with Gasteiger partial charge in [-0.1, -0.05) is 18.2 Å². The minimum atomic E-state index is 1.06. The molecule has 0 aliphatic rings. The molecular formula is C11H19N2+. The van der Waals surface area contributed by atoms with Gasteiger partial charge in [0, 0.05) is 12.1 Å². The van der Waals surface area contributed by atoms with Crippen molar-refractivity contribution in [1.82, 2.24) is 5.32 Å². The number of hydrogen-bond donors (Lipinski definition) is 2. The molecule has 0 saturated heterocycles. The summed E-state index contributed by atoms with van der Waals surface area (Å²) in [7, 11) is 4.20. The van der Waals surface area contributed by atoms with E-state index in [1.54, 1.807) is 0 Å². The highest BCUT2D eigenvalue weighted by Crippen LogP contribution is 2.06. The van der Waals surface area contributed by atoms with Gasteiger partial charge in [0.05, 0.1) is 13.6 Å². The lowest BCUT2D eigenvalue weighted by molar-refractivity contribution is -0.809. The van der Waals surface area contributed by atoms with Crippen molar-refractivity contribution < 1.29 is 4.90 Å². The van der Waals surface area contributed by atoms with Crippen molar-refractivity contribution in [3.8, 4) is 0 Å². The smallest absolute Gasteiger partial charge is 0.133 e. The van der Waals surface area contributed by atoms with Crippen LogP contribution in [0.1, 0.15) is 5.56 Å². The van der Waals surface area contributed by atoms with E-state index >= 15 is 0 Å². The summed E-state index contributed by atoms with van der Waals surface area (Å²) in [4.78, 5) is 1.47. The second-order valence-corrected chi connectivity index (χ2v) is 3.45. The SMILES string of the molecule is CNCC[NH+](C)c1ccccc1C. The second-order valence-electron chi connectivity index (χ2n) is 3.45. The molecule has 1 unspecified atom stereocenters. The van der Waals surface area contributed by atoms with Crippen LogP contribution in [0, 0.1) is 6.92 Å². The van der Waals surface area contributed by atoms with Crippen molar-refractivity contribution in [1.29, 1.82) is 0 Å². The maximum Gasteiger partial charge on any atom is 0.133 e. The molecular weight excluding hydrogens is 160 g/mol. The van der Waals surface area contributed by atoms with Crippen LogP contribution in [0.4, 0.5) is 5.69 Å². The fourth-order valence-corrected chi connectivity index (χ4v) is 1.50. The predicted octanol–water partition coefficient (Wildman–Crippen LogP) is 0.361. The Hall–Kier alpha value is -0.860. The predicted molar refractivity (Wildman–Crippen MR) is 56.5 cm³/mol. The summed E-state index contributed by atoms with van der Waals surface area (Å²) in [5.74, 6) is 0. The van der Waals surface area contributed by atoms with Gasteiger partial charge in [0.15, 0.2) is 0 Å². The molecule has 13 heavy (non-hydrogen) atoms. The second kappa shape index (κ2) is 5.00. The third kappa shape index (κ3) is 2.83. The molecule has 0 saturated carbocycles. The van der Waals surface area contributed by atoms with Crippen LogP contribution in [0.3, 0.4) is 0 Å². The Morgan fingerprint density at radius 1 is 1.31 bits per heavy atom. The number of quaternary nitrogens is 1. The summed E-state index contributed by atoms with van der Waals surface area (Å²) in [5.41, 5.74) is 2.77. The molecule has 2 heteroatoms. The molecule has 0 aromatic heterocycles. The number of para-hydroxylation sites is 1. The molecule has 2 nitrogen and oxygen atoms in total. The van der Waals surface area contributed by atoms with Crippen molar-refractivity contribution in [2.45, 2.75) is 6.92 Å². The van der Waals surface area contributed by atoms with Crippen molar-refractivity contribution in [3.05, 3.63) is 29.8 Å². The standard InChI is InChI=1S/C11H18N2/c1-10-6-4-5-7-11(10)13(3)9-8-12-2/h4-7,12H,8-9H2,1-3H3/p+1. The minimum absolute atomic E-state index is 1.06. The highest BCUT2D eigenvalue weighted by molar-refractivity contribution is 5.37. The normalized spacial score (nSPS) is 12.8. The maximum atomic E-state index is 3.17. The van der Waals surface area contributed by atoms with Crippen LogP contribution in [0.15, 0.2) is 24.3 Å². The van der Waals surface area contributed by atoms with Crippen LogP contribution in [-0.2, 0) is 0 Å². The quantitative estimate of drug-likeness (QED) is 0.682. The Bertz CT molecular complexity index is 258. The molecule has 1 rings (SSSR count). The average Bonchev–Trinajstić information content (AvgIpc) is 2.15. The van der Waals surface area contributed by atoms with E-state index < -0.39 is 0 Å². The first-order valence-electron chi connectivity index (χ1n) is 4.78. The fraction of sp³-hybridized carbons (Fsp3) is 0.455. The molecule has 1 aromatic rings. The maximum absolute atomic E-state index is 3.17. The number of rotatable bonds is 4. The number of likely N-dealkylation sites (N-methyl/N-ethyl adjacent to an activating group) is 2. The first-order valence-corrected chi connectivity index (χ1v) is 4.78. The van der Waals surface area contributed by atoms with Crippen LogP contribution >= 0.6 is 0 Å². The molecule has 0 aliphatic carbocycles. The Kier molecular flexibility index (Phi) is 3.93. The van der Waals surface area contributed by atoms with E-state index in [9.17, 15) is 0 Å². The Labute approximate surface area is 80.6 Å². The molecule has 0 heterocycles. The van der Waals surface area contributed by atoms with Gasteiger partial charge >= 0.3 is 0 Å². The van der Waals surface area contributed by atoms with E-state index in [-0.39, 0.29) is 0 Å². The Balaban J connectivity index is 2.65. The Morgan fingerprint density at radius 2 is 2.00 bits per heavy atom. The number of nitrogens with one attached hydrogen (secondary N) is 2. The highest BCUT2D eigenvalue weighted by Gasteiger charge is 2.07. The van der Waals surface area contributed by atoms with Gasteiger partial charge in [-0.15, -0.1) is 0 Å². The summed E-state index contributed by atoms with van der Waals surface area (Å²) < 4.78 is 0. The lowest BCUT2D eigenvalue weighted by Gasteiger charge is -2.14. The number of aryl methyl sites for hydroxylation is 1. The Morgan fingerprint density at radius 3 is 2.62 bits per heavy atom. The molecule has 1 aromatic carbocycles. The minimum Gasteiger partial charge on any atom is -0.315 e. The van der Waals surface area contributed by atoms with Crippen molar-refractivity contribution in [2.75, 3.05) is 27.2 Å². The van der Waals surface area contributed by atoms with Crippen LogP contribution in [-0.4, -0.2) is 27.2 Å². The van der Waals surface area contributed by atoms with E-state index in [1.807, 2.05) is 7.05 Å². The number of hydrogen-bond acceptors (Lipinski definition) is 1. The highest BCUT2D eigenvalue weighted by atomic mass is 15.1. The van der Waals surface area contributed by atoms with Gasteiger partial charge in [-0.2, -0.15) is 0 Å². The first-order chi connectivity index (χ1) is 6.25. The summed E-state index contributed by atoms with van der Waals surface area (Å²) in [5, 5.41) is 3.17. The largest absolute Gasteiger partial charge is 0.315 e. The topological polar surface area (TPSA) is 16.5 Å². The van der Waals surface area contributed by atoms with Gasteiger partial charge < -0.3 is 10.2 Å². The van der Waals surface area contributed by atoms with Gasteiger partial charge in [0.1, 0.15) is 5.69 Å². The summed E-state index contributed by atoms with van der Waals surface area (Å²) in [6, 6.07) is 8.55. The van der Waals surface area contributed by atoms with Crippen molar-refractivity contribution in [2.24, 2.45) is 0 Å². The van der Waals surface area contributed by atoms with Gasteiger partial charge in [0.25, 0.3) is 0 Å². The van der Waals surface area contributed by atoms with Gasteiger partial charge in [-0.25, -0.2) is 0 Å². The average molecular weight is 179 g/mol. The van der Waals surface area contributed by atoms with E-state index in [4.69, 9.17) is 0 Å². The molecule has 0 aliphatic heterocycles. The first kappa shape index (κ1) is 10.2. The lowest BCUT2D eigenvalue weighted by atomic mass is 10.2. The zero-order valence-electron chi connectivity index (χ0n) is 8.72. The zero-order chi connectivity index (χ0) is 9.68. The summed E-state index contributed by atoms with van der Waals surface area (Å²) in [6.07, 6.45) is 0. The molecule has 72 valence electrons. The van der Waals surface area contributed by atoms with Gasteiger partial charge in [0.2, 0.25) is 0 Å². The van der Waals surface area contributed by atoms with Crippen molar-refractivity contribution in [3.63, 3.8) is 0 Å². The van der Waals surface area contributed by atoms with Gasteiger partial charge in [-0.3, -0.25) is 0 Å². The monoisotopic (exact) mass is 179 g/mol. The molecule has 0 spiro atoms. The number of benzene rings is 1. The van der Waals surface area contributed by atoms with E-state index in [1.165, 1.54) is 16.2 Å². The van der Waals surface area contributed by atoms with Crippen molar-refractivity contribution >= 4 is 5.69 Å². The van der Waals surface area contributed by atoms with Gasteiger partial charge in [-0.05, 0) is 20.0 Å². The third-order valence-electron chi connectivity index (χ3n) is 2.35. The van der Waals surface area contributed by atoms with E-state index in [2.05, 4.69) is 43.6 Å². The van der Waals surface area contributed by atoms with Crippen LogP contribution in [0.2, 0.25) is 0 Å². The van der Waals surface area contributed by atoms with E-state index in [0.717, 1.165) is 13.1 Å². The molecule has 0 radical (unpaired) electrons. The molecule has 1 atom stereocenters. The van der Waals surface area contributed by atoms with E-state index in [0.29, 0.717) is 0 Å². The van der Waals surface area contributed by atoms with Crippen LogP contribution < -0.4 is 10.2 Å². The summed E-state index contributed by atoms with van der Waals surface area (Å²) in [6.45, 7) is 4.35. The molecule has 0 bridgehead atoms. The lowest BCUT2D eigenvalue weighted by Crippen LogP contribution is -3.05. The fourth-order valence-electron chi connectivity index (χ4n) is 1.50. The zero-order valence-corrected chi connectivity index (χ0v) is 8.72.